The first-order valence-corrected chi connectivity index (χ1v) is 6.09. The second kappa shape index (κ2) is 5.36. The molecule has 0 amide bonds. The molecule has 0 unspecified atom stereocenters. The number of benzene rings is 1. The van der Waals surface area contributed by atoms with Crippen LogP contribution in [-0.2, 0) is 0 Å². The molecule has 0 spiro atoms. The lowest BCUT2D eigenvalue weighted by atomic mass is 10.2. The summed E-state index contributed by atoms with van der Waals surface area (Å²) >= 11 is 0. The van der Waals surface area contributed by atoms with Gasteiger partial charge in [0.2, 0.25) is 0 Å². The molecule has 1 aromatic carbocycles. The fourth-order valence-electron chi connectivity index (χ4n) is 2.36. The summed E-state index contributed by atoms with van der Waals surface area (Å²) in [6.45, 7) is 2.19. The quantitative estimate of drug-likeness (QED) is 0.833. The summed E-state index contributed by atoms with van der Waals surface area (Å²) in [5.41, 5.74) is 9.15. The second-order valence-electron chi connectivity index (χ2n) is 4.52. The maximum absolute atomic E-state index is 5.70. The highest BCUT2D eigenvalue weighted by Gasteiger charge is 2.18. The smallest absolute Gasteiger partial charge is 0.0408 e. The van der Waals surface area contributed by atoms with E-state index in [2.05, 4.69) is 40.4 Å². The zero-order valence-corrected chi connectivity index (χ0v) is 11.1. The van der Waals surface area contributed by atoms with Gasteiger partial charge in [-0.15, -0.1) is 12.4 Å². The van der Waals surface area contributed by atoms with Gasteiger partial charge in [-0.3, -0.25) is 0 Å². The van der Waals surface area contributed by atoms with Crippen molar-refractivity contribution < 1.29 is 0 Å². The van der Waals surface area contributed by atoms with Gasteiger partial charge in [-0.25, -0.2) is 0 Å². The molecule has 0 aromatic heterocycles. The molecule has 96 valence electrons. The van der Waals surface area contributed by atoms with Crippen LogP contribution >= 0.6 is 12.4 Å². The topological polar surface area (TPSA) is 32.5 Å². The number of hydrogen-bond donors (Lipinski definition) is 1. The Bertz CT molecular complexity index is 464. The molecule has 0 saturated heterocycles. The van der Waals surface area contributed by atoms with Gasteiger partial charge >= 0.3 is 0 Å². The van der Waals surface area contributed by atoms with Gasteiger partial charge in [0.25, 0.3) is 0 Å². The molecule has 0 aliphatic carbocycles. The summed E-state index contributed by atoms with van der Waals surface area (Å²) in [6, 6.07) is 8.07. The highest BCUT2D eigenvalue weighted by molar-refractivity contribution is 5.85. The van der Waals surface area contributed by atoms with Gasteiger partial charge in [-0.1, -0.05) is 6.08 Å². The first-order valence-electron chi connectivity index (χ1n) is 6.09. The first kappa shape index (κ1) is 12.8. The predicted octanol–water partition coefficient (Wildman–Crippen LogP) is 2.96. The van der Waals surface area contributed by atoms with E-state index in [4.69, 9.17) is 5.73 Å². The second-order valence-corrected chi connectivity index (χ2v) is 4.52. The van der Waals surface area contributed by atoms with Crippen molar-refractivity contribution in [1.29, 1.82) is 0 Å². The Morgan fingerprint density at radius 3 is 2.44 bits per heavy atom. The van der Waals surface area contributed by atoms with Crippen molar-refractivity contribution in [3.63, 3.8) is 0 Å². The van der Waals surface area contributed by atoms with Crippen LogP contribution in [0.25, 0.3) is 0 Å². The normalized spacial score (nSPS) is 17.9. The van der Waals surface area contributed by atoms with Gasteiger partial charge in [-0.2, -0.15) is 0 Å². The Balaban J connectivity index is 0.00000120. The number of anilines is 2. The predicted molar refractivity (Wildman–Crippen MR) is 78.6 cm³/mol. The Kier molecular flexibility index (Phi) is 3.82. The minimum atomic E-state index is 0. The summed E-state index contributed by atoms with van der Waals surface area (Å²) in [5.74, 6) is 0. The van der Waals surface area contributed by atoms with Crippen molar-refractivity contribution >= 4 is 23.8 Å². The third-order valence-corrected chi connectivity index (χ3v) is 3.33. The monoisotopic (exact) mass is 263 g/mol. The van der Waals surface area contributed by atoms with Gasteiger partial charge < -0.3 is 15.5 Å². The summed E-state index contributed by atoms with van der Waals surface area (Å²) in [7, 11) is 0. The highest BCUT2D eigenvalue weighted by Crippen LogP contribution is 2.26. The van der Waals surface area contributed by atoms with E-state index < -0.39 is 0 Å². The van der Waals surface area contributed by atoms with Crippen molar-refractivity contribution in [2.24, 2.45) is 0 Å². The van der Waals surface area contributed by atoms with Gasteiger partial charge in [-0.05, 0) is 36.9 Å². The van der Waals surface area contributed by atoms with E-state index in [0.717, 1.165) is 25.2 Å². The lowest BCUT2D eigenvalue weighted by molar-refractivity contribution is 0.491. The highest BCUT2D eigenvalue weighted by atomic mass is 35.5. The van der Waals surface area contributed by atoms with Crippen LogP contribution in [-0.4, -0.2) is 18.0 Å². The van der Waals surface area contributed by atoms with E-state index in [0.29, 0.717) is 0 Å². The maximum Gasteiger partial charge on any atom is 0.0408 e. The van der Waals surface area contributed by atoms with Crippen molar-refractivity contribution in [3.05, 3.63) is 48.4 Å². The van der Waals surface area contributed by atoms with Gasteiger partial charge in [0, 0.05) is 42.8 Å². The lowest BCUT2D eigenvalue weighted by Gasteiger charge is -2.16. The lowest BCUT2D eigenvalue weighted by Crippen LogP contribution is -2.12. The van der Waals surface area contributed by atoms with Crippen molar-refractivity contribution in [3.8, 4) is 0 Å². The number of rotatable bonds is 2. The summed E-state index contributed by atoms with van der Waals surface area (Å²) in [6.07, 6.45) is 8.96. The van der Waals surface area contributed by atoms with Crippen LogP contribution < -0.4 is 10.6 Å². The molecular weight excluding hydrogens is 246 g/mol. The molecule has 0 fully saturated rings. The van der Waals surface area contributed by atoms with E-state index in [9.17, 15) is 0 Å². The van der Waals surface area contributed by atoms with Crippen molar-refractivity contribution in [2.45, 2.75) is 12.8 Å². The van der Waals surface area contributed by atoms with Crippen LogP contribution in [0.1, 0.15) is 12.8 Å². The van der Waals surface area contributed by atoms with E-state index in [-0.39, 0.29) is 12.4 Å². The zero-order valence-electron chi connectivity index (χ0n) is 10.2. The fourth-order valence-corrected chi connectivity index (χ4v) is 2.36. The summed E-state index contributed by atoms with van der Waals surface area (Å²) in [5, 5.41) is 0. The van der Waals surface area contributed by atoms with Crippen LogP contribution in [0, 0.1) is 0 Å². The largest absolute Gasteiger partial charge is 0.399 e. The van der Waals surface area contributed by atoms with E-state index in [1.807, 2.05) is 12.1 Å². The Morgan fingerprint density at radius 2 is 1.78 bits per heavy atom. The van der Waals surface area contributed by atoms with Crippen LogP contribution in [0.4, 0.5) is 11.4 Å². The molecule has 0 saturated carbocycles. The number of nitrogens with zero attached hydrogens (tertiary/aromatic N) is 2. The molecule has 18 heavy (non-hydrogen) atoms. The van der Waals surface area contributed by atoms with Crippen LogP contribution in [0.15, 0.2) is 48.4 Å². The fraction of sp³-hybridized carbons (Fsp3) is 0.286. The molecule has 3 rings (SSSR count). The van der Waals surface area contributed by atoms with Crippen LogP contribution in [0.5, 0.6) is 0 Å². The number of halogens is 1. The Labute approximate surface area is 114 Å². The molecule has 4 heteroatoms. The number of nitrogens with two attached hydrogens (primary N) is 1. The molecule has 2 heterocycles. The summed E-state index contributed by atoms with van der Waals surface area (Å²) < 4.78 is 0. The average molecular weight is 264 g/mol. The molecule has 1 aromatic rings. The SMILES string of the molecule is Cl.Nc1ccc(N2C=C(N3C=CCC3)CC2)cc1. The van der Waals surface area contributed by atoms with E-state index >= 15 is 0 Å². The maximum atomic E-state index is 5.70. The van der Waals surface area contributed by atoms with Crippen LogP contribution in [0.2, 0.25) is 0 Å². The molecular formula is C14H18ClN3. The van der Waals surface area contributed by atoms with E-state index in [1.165, 1.54) is 17.8 Å². The molecule has 0 atom stereocenters. The minimum Gasteiger partial charge on any atom is -0.399 e. The third-order valence-electron chi connectivity index (χ3n) is 3.33. The average Bonchev–Trinajstić information content (AvgIpc) is 3.00. The van der Waals surface area contributed by atoms with Gasteiger partial charge in [0.1, 0.15) is 0 Å². The van der Waals surface area contributed by atoms with Gasteiger partial charge in [0.05, 0.1) is 0 Å². The van der Waals surface area contributed by atoms with Crippen molar-refractivity contribution in [2.75, 3.05) is 23.7 Å². The number of nitrogen functional groups attached to an aromatic ring is 1. The molecule has 2 N–H and O–H groups in total. The standard InChI is InChI=1S/C14H17N3.ClH/c15-12-3-5-13(6-4-12)17-10-7-14(11-17)16-8-1-2-9-16;/h1,3-6,8,11H,2,7,9-10,15H2;1H. The molecule has 0 bridgehead atoms. The molecule has 2 aliphatic rings. The first-order chi connectivity index (χ1) is 8.33. The molecule has 3 nitrogen and oxygen atoms in total. The Hall–Kier alpha value is -1.61. The zero-order chi connectivity index (χ0) is 11.7. The van der Waals surface area contributed by atoms with Crippen LogP contribution in [0.3, 0.4) is 0 Å². The molecule has 2 aliphatic heterocycles. The van der Waals surface area contributed by atoms with E-state index in [1.54, 1.807) is 0 Å². The Morgan fingerprint density at radius 1 is 1.00 bits per heavy atom. The summed E-state index contributed by atoms with van der Waals surface area (Å²) in [4.78, 5) is 4.64. The number of hydrogen-bond acceptors (Lipinski definition) is 3. The minimum absolute atomic E-state index is 0. The van der Waals surface area contributed by atoms with Gasteiger partial charge in [0.15, 0.2) is 0 Å². The van der Waals surface area contributed by atoms with Crippen molar-refractivity contribution in [1.82, 2.24) is 4.90 Å². The molecule has 0 radical (unpaired) electrons. The third kappa shape index (κ3) is 2.46.